The van der Waals surface area contributed by atoms with Crippen LogP contribution in [-0.2, 0) is 22.6 Å². The van der Waals surface area contributed by atoms with Gasteiger partial charge in [0.2, 0.25) is 18.6 Å². The van der Waals surface area contributed by atoms with Gasteiger partial charge in [-0.05, 0) is 41.8 Å². The maximum atomic E-state index is 13.1. The van der Waals surface area contributed by atoms with Gasteiger partial charge in [-0.25, -0.2) is 5.43 Å². The molecular formula is C25H30N4O6. The van der Waals surface area contributed by atoms with Crippen LogP contribution in [0.3, 0.4) is 0 Å². The third-order valence-electron chi connectivity index (χ3n) is 6.85. The Balaban J connectivity index is 1.18. The van der Waals surface area contributed by atoms with E-state index in [1.54, 1.807) is 20.3 Å². The fourth-order valence-electron chi connectivity index (χ4n) is 4.92. The summed E-state index contributed by atoms with van der Waals surface area (Å²) in [5.41, 5.74) is 8.17. The van der Waals surface area contributed by atoms with E-state index in [9.17, 15) is 9.59 Å². The molecule has 35 heavy (non-hydrogen) atoms. The number of hydrogen-bond acceptors (Lipinski definition) is 8. The largest absolute Gasteiger partial charge is 0.493 e. The first-order valence-electron chi connectivity index (χ1n) is 11.7. The summed E-state index contributed by atoms with van der Waals surface area (Å²) in [5, 5.41) is 3.01. The lowest BCUT2D eigenvalue weighted by molar-refractivity contribution is -0.133. The number of rotatable bonds is 7. The minimum atomic E-state index is -0.425. The number of nitrogens with zero attached hydrogens (tertiary/aromatic N) is 1. The lowest BCUT2D eigenvalue weighted by atomic mass is 9.87. The highest BCUT2D eigenvalue weighted by Gasteiger charge is 2.44. The van der Waals surface area contributed by atoms with Crippen LogP contribution < -0.4 is 35.1 Å². The molecule has 2 saturated heterocycles. The van der Waals surface area contributed by atoms with E-state index >= 15 is 0 Å². The first-order valence-corrected chi connectivity index (χ1v) is 11.7. The second kappa shape index (κ2) is 10.0. The van der Waals surface area contributed by atoms with E-state index < -0.39 is 6.04 Å². The molecule has 0 aromatic heterocycles. The topological polar surface area (TPSA) is 110 Å². The van der Waals surface area contributed by atoms with Crippen molar-refractivity contribution in [3.8, 4) is 23.0 Å². The van der Waals surface area contributed by atoms with Crippen molar-refractivity contribution in [2.75, 3.05) is 34.1 Å². The van der Waals surface area contributed by atoms with Crippen molar-refractivity contribution >= 4 is 11.8 Å². The highest BCUT2D eigenvalue weighted by molar-refractivity contribution is 5.83. The molecule has 186 valence electrons. The molecule has 2 aromatic rings. The first kappa shape index (κ1) is 23.3. The molecule has 2 fully saturated rings. The number of hydrogen-bond donors (Lipinski definition) is 3. The third kappa shape index (κ3) is 4.85. The Labute approximate surface area is 203 Å². The van der Waals surface area contributed by atoms with E-state index in [1.807, 2.05) is 35.2 Å². The van der Waals surface area contributed by atoms with Gasteiger partial charge in [0.05, 0.1) is 20.6 Å². The second-order valence-electron chi connectivity index (χ2n) is 8.94. The second-order valence-corrected chi connectivity index (χ2v) is 8.94. The Kier molecular flexibility index (Phi) is 6.65. The Morgan fingerprint density at radius 2 is 1.83 bits per heavy atom. The van der Waals surface area contributed by atoms with Crippen LogP contribution in [0.2, 0.25) is 0 Å². The van der Waals surface area contributed by atoms with E-state index in [-0.39, 0.29) is 37.0 Å². The highest BCUT2D eigenvalue weighted by atomic mass is 16.7. The van der Waals surface area contributed by atoms with Crippen LogP contribution in [0.15, 0.2) is 36.4 Å². The summed E-state index contributed by atoms with van der Waals surface area (Å²) in [6, 6.07) is 10.8. The number of carbonyl (C=O) groups excluding carboxylic acids is 2. The van der Waals surface area contributed by atoms with Crippen molar-refractivity contribution in [2.24, 2.45) is 5.92 Å². The fraction of sp³-hybridized carbons (Fsp3) is 0.440. The van der Waals surface area contributed by atoms with Crippen LogP contribution in [-0.4, -0.2) is 62.9 Å². The van der Waals surface area contributed by atoms with E-state index in [2.05, 4.69) is 16.2 Å². The molecule has 10 nitrogen and oxygen atoms in total. The van der Waals surface area contributed by atoms with Gasteiger partial charge in [-0.1, -0.05) is 12.1 Å². The van der Waals surface area contributed by atoms with E-state index in [0.29, 0.717) is 42.6 Å². The lowest BCUT2D eigenvalue weighted by Crippen LogP contribution is -2.52. The van der Waals surface area contributed by atoms with Crippen molar-refractivity contribution in [3.63, 3.8) is 0 Å². The van der Waals surface area contributed by atoms with Crippen LogP contribution in [0.25, 0.3) is 0 Å². The number of benzene rings is 2. The van der Waals surface area contributed by atoms with Crippen LogP contribution in [0, 0.1) is 5.92 Å². The summed E-state index contributed by atoms with van der Waals surface area (Å²) in [7, 11) is 3.16. The smallest absolute Gasteiger partial charge is 0.239 e. The summed E-state index contributed by atoms with van der Waals surface area (Å²) in [5.74, 6) is 2.54. The normalized spacial score (nSPS) is 22.5. The Hall–Kier alpha value is -3.50. The number of methoxy groups -OCH3 is 2. The molecule has 3 unspecified atom stereocenters. The third-order valence-corrected chi connectivity index (χ3v) is 6.85. The molecule has 0 spiro atoms. The van der Waals surface area contributed by atoms with E-state index in [0.717, 1.165) is 17.5 Å². The molecule has 2 amide bonds. The van der Waals surface area contributed by atoms with Gasteiger partial charge < -0.3 is 29.2 Å². The Morgan fingerprint density at radius 3 is 2.66 bits per heavy atom. The number of amides is 2. The lowest BCUT2D eigenvalue weighted by Gasteiger charge is -2.36. The zero-order valence-electron chi connectivity index (χ0n) is 19.8. The summed E-state index contributed by atoms with van der Waals surface area (Å²) in [6.07, 6.45) is 1.04. The molecule has 3 aliphatic rings. The first-order chi connectivity index (χ1) is 17.1. The van der Waals surface area contributed by atoms with Gasteiger partial charge in [-0.15, -0.1) is 0 Å². The van der Waals surface area contributed by atoms with Gasteiger partial charge in [0.1, 0.15) is 6.04 Å². The van der Waals surface area contributed by atoms with Crippen molar-refractivity contribution in [2.45, 2.75) is 31.5 Å². The van der Waals surface area contributed by atoms with E-state index in [4.69, 9.17) is 18.9 Å². The maximum absolute atomic E-state index is 13.1. The highest BCUT2D eigenvalue weighted by Crippen LogP contribution is 2.33. The molecule has 3 aliphatic heterocycles. The zero-order chi connectivity index (χ0) is 24.4. The SMILES string of the molecule is COc1ccc(CC(=O)N2CCC3NNC(C(=O)NCc4ccc5c(c4)OCO5)C3C2)cc1OC. The Bertz CT molecular complexity index is 1110. The fourth-order valence-corrected chi connectivity index (χ4v) is 4.92. The van der Waals surface area contributed by atoms with E-state index in [1.165, 1.54) is 0 Å². The average molecular weight is 483 g/mol. The molecular weight excluding hydrogens is 452 g/mol. The van der Waals surface area contributed by atoms with Crippen molar-refractivity contribution < 1.29 is 28.5 Å². The maximum Gasteiger partial charge on any atom is 0.239 e. The van der Waals surface area contributed by atoms with Gasteiger partial charge in [0.25, 0.3) is 0 Å². The quantitative estimate of drug-likeness (QED) is 0.536. The molecule has 3 atom stereocenters. The molecule has 0 radical (unpaired) electrons. The molecule has 0 bridgehead atoms. The van der Waals surface area contributed by atoms with Gasteiger partial charge >= 0.3 is 0 Å². The van der Waals surface area contributed by atoms with Gasteiger partial charge in [0, 0.05) is 31.6 Å². The van der Waals surface area contributed by atoms with Gasteiger partial charge in [-0.3, -0.25) is 15.0 Å². The number of piperidine rings is 1. The van der Waals surface area contributed by atoms with Gasteiger partial charge in [0.15, 0.2) is 23.0 Å². The predicted molar refractivity (Wildman–Crippen MR) is 126 cm³/mol. The summed E-state index contributed by atoms with van der Waals surface area (Å²) >= 11 is 0. The van der Waals surface area contributed by atoms with Crippen molar-refractivity contribution in [1.29, 1.82) is 0 Å². The summed E-state index contributed by atoms with van der Waals surface area (Å²) in [6.45, 7) is 1.76. The van der Waals surface area contributed by atoms with Crippen molar-refractivity contribution in [3.05, 3.63) is 47.5 Å². The number of likely N-dealkylation sites (tertiary alicyclic amines) is 1. The molecule has 3 heterocycles. The molecule has 2 aromatic carbocycles. The van der Waals surface area contributed by atoms with Crippen LogP contribution in [0.5, 0.6) is 23.0 Å². The summed E-state index contributed by atoms with van der Waals surface area (Å²) in [4.78, 5) is 27.9. The number of carbonyl (C=O) groups is 2. The van der Waals surface area contributed by atoms with Gasteiger partial charge in [-0.2, -0.15) is 0 Å². The minimum absolute atomic E-state index is 0.0187. The average Bonchev–Trinajstić information content (AvgIpc) is 3.53. The van der Waals surface area contributed by atoms with Crippen LogP contribution in [0.1, 0.15) is 17.5 Å². The number of ether oxygens (including phenoxy) is 4. The van der Waals surface area contributed by atoms with Crippen LogP contribution in [0.4, 0.5) is 0 Å². The number of nitrogens with one attached hydrogen (secondary N) is 3. The van der Waals surface area contributed by atoms with Crippen LogP contribution >= 0.6 is 0 Å². The minimum Gasteiger partial charge on any atom is -0.493 e. The monoisotopic (exact) mass is 482 g/mol. The summed E-state index contributed by atoms with van der Waals surface area (Å²) < 4.78 is 21.4. The Morgan fingerprint density at radius 1 is 1.03 bits per heavy atom. The number of hydrazine groups is 1. The zero-order valence-corrected chi connectivity index (χ0v) is 19.8. The molecule has 0 saturated carbocycles. The molecule has 0 aliphatic carbocycles. The van der Waals surface area contributed by atoms with Crippen molar-refractivity contribution in [1.82, 2.24) is 21.1 Å². The predicted octanol–water partition coefficient (Wildman–Crippen LogP) is 0.985. The molecule has 3 N–H and O–H groups in total. The molecule has 10 heteroatoms. The number of fused-ring (bicyclic) bond motifs is 2. The molecule has 5 rings (SSSR count). The standard InChI is InChI=1S/C25H30N4O6/c1-32-19-5-3-15(9-21(19)33-2)11-23(30)29-8-7-18-17(13-29)24(28-27-18)25(31)26-12-16-4-6-20-22(10-16)35-14-34-20/h3-6,9-10,17-18,24,27-28H,7-8,11-14H2,1-2H3,(H,26,31).